The van der Waals surface area contributed by atoms with E-state index in [4.69, 9.17) is 17.3 Å². The second-order valence-corrected chi connectivity index (χ2v) is 3.73. The molecule has 0 saturated heterocycles. The molecule has 2 N–H and O–H groups in total. The zero-order valence-electron chi connectivity index (χ0n) is 8.18. The second kappa shape index (κ2) is 4.47. The van der Waals surface area contributed by atoms with Crippen LogP contribution in [0.25, 0.3) is 0 Å². The molecule has 0 radical (unpaired) electrons. The van der Waals surface area contributed by atoms with Gasteiger partial charge in [0.15, 0.2) is 0 Å². The Balaban J connectivity index is 2.35. The highest BCUT2D eigenvalue weighted by atomic mass is 35.5. The number of nitrogens with zero attached hydrogens (tertiary/aromatic N) is 2. The molecule has 0 amide bonds. The Labute approximate surface area is 93.5 Å². The van der Waals surface area contributed by atoms with Crippen molar-refractivity contribution in [3.63, 3.8) is 0 Å². The molecular weight excluding hydrogens is 210 g/mol. The number of hydrogen-bond acceptors (Lipinski definition) is 2. The van der Waals surface area contributed by atoms with Crippen LogP contribution in [0.5, 0.6) is 0 Å². The molecule has 2 aromatic rings. The third-order valence-electron chi connectivity index (χ3n) is 2.30. The Hall–Kier alpha value is -1.32. The van der Waals surface area contributed by atoms with Crippen LogP contribution in [0.1, 0.15) is 11.6 Å². The van der Waals surface area contributed by atoms with E-state index in [1.807, 2.05) is 41.2 Å². The molecule has 1 aromatic heterocycles. The maximum absolute atomic E-state index is 5.94. The molecule has 0 fully saturated rings. The maximum Gasteiger partial charge on any atom is 0.0891 e. The van der Waals surface area contributed by atoms with Crippen LogP contribution in [-0.2, 0) is 0 Å². The molecule has 0 saturated carbocycles. The van der Waals surface area contributed by atoms with E-state index in [2.05, 4.69) is 5.10 Å². The summed E-state index contributed by atoms with van der Waals surface area (Å²) in [6, 6.07) is 9.63. The summed E-state index contributed by atoms with van der Waals surface area (Å²) in [6.45, 7) is 0.502. The van der Waals surface area contributed by atoms with Gasteiger partial charge in [0.25, 0.3) is 0 Å². The van der Waals surface area contributed by atoms with Gasteiger partial charge in [-0.1, -0.05) is 23.7 Å². The average Bonchev–Trinajstić information content (AvgIpc) is 2.72. The highest BCUT2D eigenvalue weighted by molar-refractivity contribution is 6.30. The predicted octanol–water partition coefficient (Wildman–Crippen LogP) is 2.08. The van der Waals surface area contributed by atoms with Crippen molar-refractivity contribution in [2.45, 2.75) is 6.04 Å². The normalized spacial score (nSPS) is 12.7. The predicted molar refractivity (Wildman–Crippen MR) is 60.9 cm³/mol. The van der Waals surface area contributed by atoms with Crippen LogP contribution >= 0.6 is 11.6 Å². The Morgan fingerprint density at radius 1 is 1.40 bits per heavy atom. The number of rotatable bonds is 3. The van der Waals surface area contributed by atoms with Crippen LogP contribution in [0.2, 0.25) is 5.02 Å². The van der Waals surface area contributed by atoms with Crippen molar-refractivity contribution in [2.24, 2.45) is 5.73 Å². The number of benzene rings is 1. The first-order valence-electron chi connectivity index (χ1n) is 4.76. The van der Waals surface area contributed by atoms with Crippen LogP contribution in [-0.4, -0.2) is 16.3 Å². The van der Waals surface area contributed by atoms with Gasteiger partial charge in [-0.3, -0.25) is 4.68 Å². The molecule has 2 rings (SSSR count). The maximum atomic E-state index is 5.94. The Morgan fingerprint density at radius 3 is 2.87 bits per heavy atom. The van der Waals surface area contributed by atoms with Crippen LogP contribution in [0.3, 0.4) is 0 Å². The van der Waals surface area contributed by atoms with Gasteiger partial charge < -0.3 is 5.73 Å². The molecule has 0 aliphatic rings. The monoisotopic (exact) mass is 221 g/mol. The molecule has 3 nitrogen and oxygen atoms in total. The van der Waals surface area contributed by atoms with E-state index in [1.54, 1.807) is 6.20 Å². The van der Waals surface area contributed by atoms with Crippen molar-refractivity contribution < 1.29 is 0 Å². The summed E-state index contributed by atoms with van der Waals surface area (Å²) in [7, 11) is 0. The van der Waals surface area contributed by atoms with Crippen LogP contribution in [0.15, 0.2) is 42.7 Å². The van der Waals surface area contributed by atoms with Crippen LogP contribution in [0.4, 0.5) is 0 Å². The lowest BCUT2D eigenvalue weighted by Gasteiger charge is -2.15. The van der Waals surface area contributed by atoms with Crippen molar-refractivity contribution in [1.82, 2.24) is 9.78 Å². The zero-order chi connectivity index (χ0) is 10.7. The summed E-state index contributed by atoms with van der Waals surface area (Å²) in [4.78, 5) is 0. The van der Waals surface area contributed by atoms with E-state index >= 15 is 0 Å². The zero-order valence-corrected chi connectivity index (χ0v) is 8.93. The molecule has 1 aromatic carbocycles. The number of halogens is 1. The van der Waals surface area contributed by atoms with Gasteiger partial charge in [0, 0.05) is 24.0 Å². The lowest BCUT2D eigenvalue weighted by Crippen LogP contribution is -2.20. The Kier molecular flexibility index (Phi) is 3.04. The summed E-state index contributed by atoms with van der Waals surface area (Å²) in [6.07, 6.45) is 3.64. The Morgan fingerprint density at radius 2 is 2.27 bits per heavy atom. The van der Waals surface area contributed by atoms with Crippen molar-refractivity contribution in [1.29, 1.82) is 0 Å². The first-order valence-corrected chi connectivity index (χ1v) is 5.13. The highest BCUT2D eigenvalue weighted by Crippen LogP contribution is 2.19. The van der Waals surface area contributed by atoms with E-state index in [0.717, 1.165) is 10.6 Å². The van der Waals surface area contributed by atoms with Gasteiger partial charge in [-0.2, -0.15) is 5.10 Å². The third-order valence-corrected chi connectivity index (χ3v) is 2.54. The van der Waals surface area contributed by atoms with Crippen molar-refractivity contribution >= 4 is 11.6 Å². The van der Waals surface area contributed by atoms with Crippen molar-refractivity contribution in [3.05, 3.63) is 53.3 Å². The Bertz CT molecular complexity index is 425. The van der Waals surface area contributed by atoms with Gasteiger partial charge in [-0.25, -0.2) is 0 Å². The minimum Gasteiger partial charge on any atom is -0.328 e. The smallest absolute Gasteiger partial charge is 0.0891 e. The third kappa shape index (κ3) is 2.19. The lowest BCUT2D eigenvalue weighted by molar-refractivity contribution is 0.532. The summed E-state index contributed by atoms with van der Waals surface area (Å²) in [5, 5.41) is 4.91. The number of aromatic nitrogens is 2. The lowest BCUT2D eigenvalue weighted by atomic mass is 10.1. The van der Waals surface area contributed by atoms with Gasteiger partial charge in [0.05, 0.1) is 6.04 Å². The molecule has 0 spiro atoms. The molecular formula is C11H12ClN3. The van der Waals surface area contributed by atoms with Crippen LogP contribution < -0.4 is 5.73 Å². The van der Waals surface area contributed by atoms with Crippen molar-refractivity contribution in [2.75, 3.05) is 6.54 Å². The standard InChI is InChI=1S/C11H12ClN3/c12-10-4-1-3-9(7-10)11(8-13)15-6-2-5-14-15/h1-7,11H,8,13H2. The first-order chi connectivity index (χ1) is 7.31. The van der Waals surface area contributed by atoms with E-state index < -0.39 is 0 Å². The van der Waals surface area contributed by atoms with E-state index in [9.17, 15) is 0 Å². The molecule has 1 heterocycles. The summed E-state index contributed by atoms with van der Waals surface area (Å²) >= 11 is 5.94. The summed E-state index contributed by atoms with van der Waals surface area (Å²) in [5.41, 5.74) is 6.82. The summed E-state index contributed by atoms with van der Waals surface area (Å²) < 4.78 is 1.84. The van der Waals surface area contributed by atoms with Gasteiger partial charge in [0.2, 0.25) is 0 Å². The molecule has 0 aliphatic heterocycles. The molecule has 15 heavy (non-hydrogen) atoms. The fourth-order valence-electron chi connectivity index (χ4n) is 1.58. The quantitative estimate of drug-likeness (QED) is 0.863. The van der Waals surface area contributed by atoms with Gasteiger partial charge in [-0.15, -0.1) is 0 Å². The minimum absolute atomic E-state index is 0.0544. The van der Waals surface area contributed by atoms with Gasteiger partial charge in [0.1, 0.15) is 0 Å². The molecule has 4 heteroatoms. The van der Waals surface area contributed by atoms with E-state index in [1.165, 1.54) is 0 Å². The van der Waals surface area contributed by atoms with Crippen molar-refractivity contribution in [3.8, 4) is 0 Å². The molecule has 78 valence electrons. The van der Waals surface area contributed by atoms with E-state index in [0.29, 0.717) is 6.54 Å². The molecule has 1 atom stereocenters. The van der Waals surface area contributed by atoms with Gasteiger partial charge in [-0.05, 0) is 23.8 Å². The molecule has 0 bridgehead atoms. The fourth-order valence-corrected chi connectivity index (χ4v) is 1.77. The summed E-state index contributed by atoms with van der Waals surface area (Å²) in [5.74, 6) is 0. The molecule has 1 unspecified atom stereocenters. The SMILES string of the molecule is NCC(c1cccc(Cl)c1)n1cccn1. The number of hydrogen-bond donors (Lipinski definition) is 1. The average molecular weight is 222 g/mol. The molecule has 0 aliphatic carbocycles. The van der Waals surface area contributed by atoms with Gasteiger partial charge >= 0.3 is 0 Å². The minimum atomic E-state index is 0.0544. The first kappa shape index (κ1) is 10.2. The fraction of sp³-hybridized carbons (Fsp3) is 0.182. The largest absolute Gasteiger partial charge is 0.328 e. The second-order valence-electron chi connectivity index (χ2n) is 3.29. The van der Waals surface area contributed by atoms with Crippen LogP contribution in [0, 0.1) is 0 Å². The number of nitrogens with two attached hydrogens (primary N) is 1. The van der Waals surface area contributed by atoms with E-state index in [-0.39, 0.29) is 6.04 Å². The topological polar surface area (TPSA) is 43.8 Å². The highest BCUT2D eigenvalue weighted by Gasteiger charge is 2.11.